The van der Waals surface area contributed by atoms with Crippen molar-refractivity contribution in [1.29, 1.82) is 0 Å². The first kappa shape index (κ1) is 14.9. The van der Waals surface area contributed by atoms with E-state index in [0.29, 0.717) is 11.3 Å². The number of rotatable bonds is 3. The van der Waals surface area contributed by atoms with Crippen molar-refractivity contribution in [3.05, 3.63) is 83.9 Å². The third-order valence-electron chi connectivity index (χ3n) is 3.65. The van der Waals surface area contributed by atoms with Crippen molar-refractivity contribution in [2.75, 3.05) is 5.32 Å². The summed E-state index contributed by atoms with van der Waals surface area (Å²) in [5, 5.41) is 12.5. The molecule has 0 radical (unpaired) electrons. The van der Waals surface area contributed by atoms with Gasteiger partial charge in [-0.2, -0.15) is 0 Å². The first-order valence-corrected chi connectivity index (χ1v) is 7.40. The second kappa shape index (κ2) is 6.36. The highest BCUT2D eigenvalue weighted by Crippen LogP contribution is 2.25. The molecule has 0 atom stereocenters. The first-order valence-electron chi connectivity index (χ1n) is 7.40. The van der Waals surface area contributed by atoms with E-state index >= 15 is 0 Å². The van der Waals surface area contributed by atoms with Crippen molar-refractivity contribution in [1.82, 2.24) is 0 Å². The molecule has 3 nitrogen and oxygen atoms in total. The number of hydrogen-bond donors (Lipinski definition) is 2. The number of amides is 1. The Kier molecular flexibility index (Phi) is 4.11. The monoisotopic (exact) mass is 303 g/mol. The first-order chi connectivity index (χ1) is 11.1. The van der Waals surface area contributed by atoms with E-state index in [4.69, 9.17) is 0 Å². The van der Waals surface area contributed by atoms with Gasteiger partial charge in [-0.05, 0) is 47.9 Å². The predicted octanol–water partition coefficient (Wildman–Crippen LogP) is 4.62. The number of phenolic OH excluding ortho intramolecular Hbond substituents is 1. The Labute approximate surface area is 135 Å². The molecule has 3 aromatic rings. The van der Waals surface area contributed by atoms with Crippen LogP contribution in [-0.4, -0.2) is 11.0 Å². The number of hydrogen-bond acceptors (Lipinski definition) is 2. The number of nitrogens with one attached hydrogen (secondary N) is 1. The van der Waals surface area contributed by atoms with Crippen LogP contribution in [0.4, 0.5) is 5.69 Å². The fraction of sp³-hybridized carbons (Fsp3) is 0.0500. The summed E-state index contributed by atoms with van der Waals surface area (Å²) in [6.45, 7) is 1.91. The molecule has 0 aromatic heterocycles. The largest absolute Gasteiger partial charge is 0.506 e. The zero-order valence-electron chi connectivity index (χ0n) is 12.8. The van der Waals surface area contributed by atoms with Crippen LogP contribution in [0.25, 0.3) is 11.1 Å². The van der Waals surface area contributed by atoms with Crippen molar-refractivity contribution in [3.8, 4) is 16.9 Å². The Morgan fingerprint density at radius 2 is 1.52 bits per heavy atom. The summed E-state index contributed by atoms with van der Waals surface area (Å²) in [5.74, 6) is -0.185. The summed E-state index contributed by atoms with van der Waals surface area (Å²) >= 11 is 0. The third-order valence-corrected chi connectivity index (χ3v) is 3.65. The van der Waals surface area contributed by atoms with Gasteiger partial charge in [-0.15, -0.1) is 0 Å². The molecule has 0 heterocycles. The van der Waals surface area contributed by atoms with Gasteiger partial charge in [0, 0.05) is 5.56 Å². The molecular weight excluding hydrogens is 286 g/mol. The Bertz CT molecular complexity index is 824. The van der Waals surface area contributed by atoms with Crippen LogP contribution in [0.2, 0.25) is 0 Å². The van der Waals surface area contributed by atoms with Crippen LogP contribution in [0.1, 0.15) is 15.9 Å². The molecular formula is C20H17NO2. The Balaban J connectivity index is 1.79. The molecule has 3 heteroatoms. The highest BCUT2D eigenvalue weighted by molar-refractivity contribution is 6.05. The summed E-state index contributed by atoms with van der Waals surface area (Å²) in [6, 6.07) is 22.5. The van der Waals surface area contributed by atoms with Gasteiger partial charge in [-0.1, -0.05) is 48.5 Å². The number of carbonyl (C=O) groups excluding carboxylic acids is 1. The molecule has 0 saturated heterocycles. The minimum atomic E-state index is -0.245. The van der Waals surface area contributed by atoms with Crippen LogP contribution in [0.3, 0.4) is 0 Å². The highest BCUT2D eigenvalue weighted by atomic mass is 16.3. The van der Waals surface area contributed by atoms with Crippen LogP contribution in [0.5, 0.6) is 5.75 Å². The van der Waals surface area contributed by atoms with Crippen molar-refractivity contribution in [2.24, 2.45) is 0 Å². The second-order valence-electron chi connectivity index (χ2n) is 5.42. The van der Waals surface area contributed by atoms with Crippen LogP contribution in [-0.2, 0) is 0 Å². The van der Waals surface area contributed by atoms with Gasteiger partial charge < -0.3 is 10.4 Å². The fourth-order valence-electron chi connectivity index (χ4n) is 2.39. The van der Waals surface area contributed by atoms with E-state index in [2.05, 4.69) is 5.32 Å². The van der Waals surface area contributed by atoms with Crippen molar-refractivity contribution in [3.63, 3.8) is 0 Å². The van der Waals surface area contributed by atoms with Crippen molar-refractivity contribution < 1.29 is 9.90 Å². The summed E-state index contributed by atoms with van der Waals surface area (Å²) in [4.78, 5) is 12.3. The maximum absolute atomic E-state index is 12.3. The molecule has 0 bridgehead atoms. The number of aromatic hydroxyl groups is 1. The van der Waals surface area contributed by atoms with Crippen molar-refractivity contribution in [2.45, 2.75) is 6.92 Å². The van der Waals surface area contributed by atoms with E-state index < -0.39 is 0 Å². The van der Waals surface area contributed by atoms with Gasteiger partial charge in [-0.3, -0.25) is 4.79 Å². The predicted molar refractivity (Wildman–Crippen MR) is 92.7 cm³/mol. The van der Waals surface area contributed by atoms with E-state index in [1.807, 2.05) is 49.4 Å². The SMILES string of the molecule is Cc1ccc(O)c(NC(=O)c2ccc(-c3ccccc3)cc2)c1. The van der Waals surface area contributed by atoms with Gasteiger partial charge >= 0.3 is 0 Å². The standard InChI is InChI=1S/C20H17NO2/c1-14-7-12-19(22)18(13-14)21-20(23)17-10-8-16(9-11-17)15-5-3-2-4-6-15/h2-13,22H,1H3,(H,21,23). The molecule has 23 heavy (non-hydrogen) atoms. The number of carbonyl (C=O) groups is 1. The average Bonchev–Trinajstić information content (AvgIpc) is 2.59. The molecule has 3 rings (SSSR count). The molecule has 0 aliphatic rings. The zero-order chi connectivity index (χ0) is 16.2. The molecule has 114 valence electrons. The molecule has 0 spiro atoms. The summed E-state index contributed by atoms with van der Waals surface area (Å²) < 4.78 is 0. The number of aryl methyl sites for hydroxylation is 1. The second-order valence-corrected chi connectivity index (χ2v) is 5.42. The fourth-order valence-corrected chi connectivity index (χ4v) is 2.39. The molecule has 0 aliphatic carbocycles. The van der Waals surface area contributed by atoms with E-state index in [1.54, 1.807) is 30.3 Å². The maximum atomic E-state index is 12.3. The average molecular weight is 303 g/mol. The smallest absolute Gasteiger partial charge is 0.255 e. The maximum Gasteiger partial charge on any atom is 0.255 e. The van der Waals surface area contributed by atoms with E-state index in [-0.39, 0.29) is 11.7 Å². The molecule has 0 fully saturated rings. The van der Waals surface area contributed by atoms with Crippen molar-refractivity contribution >= 4 is 11.6 Å². The van der Waals surface area contributed by atoms with Gasteiger partial charge in [0.25, 0.3) is 5.91 Å². The van der Waals surface area contributed by atoms with E-state index in [9.17, 15) is 9.90 Å². The van der Waals surface area contributed by atoms with E-state index in [1.165, 1.54) is 0 Å². The van der Waals surface area contributed by atoms with Gasteiger partial charge in [0.15, 0.2) is 0 Å². The lowest BCUT2D eigenvalue weighted by atomic mass is 10.0. The Morgan fingerprint density at radius 3 is 2.22 bits per heavy atom. The molecule has 2 N–H and O–H groups in total. The van der Waals surface area contributed by atoms with Crippen LogP contribution in [0, 0.1) is 6.92 Å². The molecule has 0 saturated carbocycles. The lowest BCUT2D eigenvalue weighted by Crippen LogP contribution is -2.11. The van der Waals surface area contributed by atoms with Crippen LogP contribution >= 0.6 is 0 Å². The third kappa shape index (κ3) is 3.40. The lowest BCUT2D eigenvalue weighted by molar-refractivity contribution is 0.102. The van der Waals surface area contributed by atoms with E-state index in [0.717, 1.165) is 16.7 Å². The summed E-state index contributed by atoms with van der Waals surface area (Å²) in [6.07, 6.45) is 0. The highest BCUT2D eigenvalue weighted by Gasteiger charge is 2.09. The van der Waals surface area contributed by atoms with Crippen LogP contribution in [0.15, 0.2) is 72.8 Å². The summed E-state index contributed by atoms with van der Waals surface area (Å²) in [7, 11) is 0. The zero-order valence-corrected chi connectivity index (χ0v) is 12.8. The van der Waals surface area contributed by atoms with Gasteiger partial charge in [0.05, 0.1) is 5.69 Å². The molecule has 0 unspecified atom stereocenters. The minimum absolute atomic E-state index is 0.0601. The molecule has 1 amide bonds. The van der Waals surface area contributed by atoms with Gasteiger partial charge in [0.2, 0.25) is 0 Å². The number of benzene rings is 3. The number of anilines is 1. The van der Waals surface area contributed by atoms with Gasteiger partial charge in [-0.25, -0.2) is 0 Å². The van der Waals surface area contributed by atoms with Crippen LogP contribution < -0.4 is 5.32 Å². The molecule has 0 aliphatic heterocycles. The quantitative estimate of drug-likeness (QED) is 0.694. The Morgan fingerprint density at radius 1 is 0.870 bits per heavy atom. The topological polar surface area (TPSA) is 49.3 Å². The lowest BCUT2D eigenvalue weighted by Gasteiger charge is -2.09. The normalized spacial score (nSPS) is 10.3. The molecule has 3 aromatic carbocycles. The summed E-state index contributed by atoms with van der Waals surface area (Å²) in [5.41, 5.74) is 4.10. The Hall–Kier alpha value is -3.07. The minimum Gasteiger partial charge on any atom is -0.506 e. The number of phenols is 1. The van der Waals surface area contributed by atoms with Gasteiger partial charge in [0.1, 0.15) is 5.75 Å².